The summed E-state index contributed by atoms with van der Waals surface area (Å²) in [5, 5.41) is 3.45. The summed E-state index contributed by atoms with van der Waals surface area (Å²) in [7, 11) is -0.535. The zero-order chi connectivity index (χ0) is 18.1. The summed E-state index contributed by atoms with van der Waals surface area (Å²) in [5.41, 5.74) is 0.835. The molecule has 0 radical (unpaired) electrons. The van der Waals surface area contributed by atoms with E-state index in [4.69, 9.17) is 20.9 Å². The first-order valence-electron chi connectivity index (χ1n) is 7.77. The molecule has 1 fully saturated rings. The third-order valence-corrected chi connectivity index (χ3v) is 5.35. The Bertz CT molecular complexity index is 660. The molecule has 1 aliphatic rings. The third kappa shape index (κ3) is 4.42. The molecule has 0 saturated carbocycles. The highest BCUT2D eigenvalue weighted by Crippen LogP contribution is 2.39. The van der Waals surface area contributed by atoms with E-state index in [1.165, 1.54) is 6.92 Å². The number of carbonyl (C=O) groups excluding carboxylic acids is 1. The van der Waals surface area contributed by atoms with E-state index in [9.17, 15) is 4.79 Å². The molecule has 7 heteroatoms. The predicted molar refractivity (Wildman–Crippen MR) is 102 cm³/mol. The molecule has 0 bridgehead atoms. The van der Waals surface area contributed by atoms with Crippen molar-refractivity contribution < 1.29 is 14.1 Å². The summed E-state index contributed by atoms with van der Waals surface area (Å²) in [6, 6.07) is 5.55. The first kappa shape index (κ1) is 19.5. The van der Waals surface area contributed by atoms with Crippen LogP contribution in [-0.4, -0.2) is 30.8 Å². The zero-order valence-electron chi connectivity index (χ0n) is 14.6. The van der Waals surface area contributed by atoms with Gasteiger partial charge in [0.05, 0.1) is 11.2 Å². The fraction of sp³-hybridized carbons (Fsp3) is 0.471. The molecule has 1 saturated heterocycles. The Labute approximate surface area is 157 Å². The molecule has 24 heavy (non-hydrogen) atoms. The number of rotatable bonds is 4. The van der Waals surface area contributed by atoms with Crippen molar-refractivity contribution in [1.82, 2.24) is 5.32 Å². The molecule has 1 aromatic carbocycles. The van der Waals surface area contributed by atoms with Crippen molar-refractivity contribution in [3.63, 3.8) is 0 Å². The molecule has 4 nitrogen and oxygen atoms in total. The van der Waals surface area contributed by atoms with Crippen molar-refractivity contribution >= 4 is 46.6 Å². The number of carbonyl (C=O) groups is 1. The summed E-state index contributed by atoms with van der Waals surface area (Å²) in [4.78, 5) is 11.3. The van der Waals surface area contributed by atoms with Gasteiger partial charge in [0.15, 0.2) is 0 Å². The fourth-order valence-electron chi connectivity index (χ4n) is 2.25. The van der Waals surface area contributed by atoms with Crippen molar-refractivity contribution in [2.24, 2.45) is 0 Å². The van der Waals surface area contributed by atoms with E-state index in [0.29, 0.717) is 11.6 Å². The van der Waals surface area contributed by atoms with Crippen LogP contribution in [0.25, 0.3) is 6.08 Å². The third-order valence-electron chi connectivity index (χ3n) is 4.40. The van der Waals surface area contributed by atoms with Gasteiger partial charge in [-0.15, -0.1) is 0 Å². The Morgan fingerprint density at radius 1 is 1.29 bits per heavy atom. The molecule has 1 aliphatic heterocycles. The number of nitrogens with one attached hydrogen (secondary N) is 1. The van der Waals surface area contributed by atoms with Crippen LogP contribution in [0.5, 0.6) is 0 Å². The van der Waals surface area contributed by atoms with Gasteiger partial charge < -0.3 is 14.6 Å². The molecule has 0 aromatic heterocycles. The average Bonchev–Trinajstić information content (AvgIpc) is 2.66. The van der Waals surface area contributed by atoms with Crippen LogP contribution < -0.4 is 5.32 Å². The highest BCUT2D eigenvalue weighted by atomic mass is 79.9. The summed E-state index contributed by atoms with van der Waals surface area (Å²) in [5.74, 6) is -0.109. The number of halogens is 2. The maximum absolute atomic E-state index is 11.3. The molecule has 0 unspecified atom stereocenters. The molecule has 1 heterocycles. The Kier molecular flexibility index (Phi) is 5.85. The molecule has 1 N–H and O–H groups in total. The van der Waals surface area contributed by atoms with Crippen molar-refractivity contribution in [3.05, 3.63) is 38.7 Å². The van der Waals surface area contributed by atoms with Gasteiger partial charge >= 0.3 is 7.12 Å². The summed E-state index contributed by atoms with van der Waals surface area (Å²) < 4.78 is 13.1. The minimum Gasteiger partial charge on any atom is -0.400 e. The Morgan fingerprint density at radius 3 is 2.42 bits per heavy atom. The summed E-state index contributed by atoms with van der Waals surface area (Å²) in [6.45, 7) is 9.82. The van der Waals surface area contributed by atoms with Crippen molar-refractivity contribution in [3.8, 4) is 0 Å². The maximum atomic E-state index is 11.3. The van der Waals surface area contributed by atoms with Crippen LogP contribution in [0, 0.1) is 0 Å². The second-order valence-electron chi connectivity index (χ2n) is 6.88. The van der Waals surface area contributed by atoms with E-state index < -0.39 is 18.3 Å². The van der Waals surface area contributed by atoms with Gasteiger partial charge in [-0.25, -0.2) is 0 Å². The van der Waals surface area contributed by atoms with E-state index in [-0.39, 0.29) is 5.91 Å². The van der Waals surface area contributed by atoms with E-state index in [1.54, 1.807) is 0 Å². The summed E-state index contributed by atoms with van der Waals surface area (Å²) >= 11 is 9.62. The molecular formula is C17H22BBrClNO3. The minimum atomic E-state index is -0.535. The van der Waals surface area contributed by atoms with Crippen molar-refractivity contribution in [2.45, 2.75) is 45.8 Å². The number of hydrogen-bond acceptors (Lipinski definition) is 3. The van der Waals surface area contributed by atoms with Crippen LogP contribution in [0.3, 0.4) is 0 Å². The lowest BCUT2D eigenvalue weighted by Crippen LogP contribution is -2.41. The Morgan fingerprint density at radius 2 is 1.88 bits per heavy atom. The van der Waals surface area contributed by atoms with E-state index in [2.05, 4.69) is 21.2 Å². The van der Waals surface area contributed by atoms with Crippen LogP contribution >= 0.6 is 27.5 Å². The predicted octanol–water partition coefficient (Wildman–Crippen LogP) is 4.25. The van der Waals surface area contributed by atoms with Gasteiger partial charge in [-0.3, -0.25) is 4.79 Å². The molecule has 2 rings (SSSR count). The Balaban J connectivity index is 2.37. The SMILES string of the molecule is CC(=O)NCC(=Cc1cc(Cl)ccc1Br)B1OC(C)(C)C(C)(C)O1. The molecular weight excluding hydrogens is 392 g/mol. The average molecular weight is 415 g/mol. The normalized spacial score (nSPS) is 19.5. The molecule has 1 aromatic rings. The van der Waals surface area contributed by atoms with Gasteiger partial charge in [-0.1, -0.05) is 33.6 Å². The lowest BCUT2D eigenvalue weighted by atomic mass is 9.77. The van der Waals surface area contributed by atoms with Crippen LogP contribution in [0.2, 0.25) is 5.02 Å². The van der Waals surface area contributed by atoms with Crippen LogP contribution in [0.15, 0.2) is 28.1 Å². The van der Waals surface area contributed by atoms with E-state index >= 15 is 0 Å². The number of benzene rings is 1. The molecule has 0 spiro atoms. The maximum Gasteiger partial charge on any atom is 0.492 e. The fourth-order valence-corrected chi connectivity index (χ4v) is 2.79. The van der Waals surface area contributed by atoms with Crippen molar-refractivity contribution in [2.75, 3.05) is 6.54 Å². The molecule has 0 atom stereocenters. The highest BCUT2D eigenvalue weighted by molar-refractivity contribution is 9.10. The lowest BCUT2D eigenvalue weighted by Gasteiger charge is -2.32. The first-order chi connectivity index (χ1) is 11.0. The second-order valence-corrected chi connectivity index (χ2v) is 8.17. The number of hydrogen-bond donors (Lipinski definition) is 1. The van der Waals surface area contributed by atoms with E-state index in [1.807, 2.05) is 52.0 Å². The summed E-state index contributed by atoms with van der Waals surface area (Å²) in [6.07, 6.45) is 1.94. The Hall–Kier alpha value is -0.815. The first-order valence-corrected chi connectivity index (χ1v) is 8.94. The lowest BCUT2D eigenvalue weighted by molar-refractivity contribution is -0.118. The van der Waals surface area contributed by atoms with Crippen molar-refractivity contribution in [1.29, 1.82) is 0 Å². The standard InChI is InChI=1S/C17H22BBrClNO3/c1-11(22)21-10-13(8-12-9-14(20)6-7-15(12)19)18-23-16(2,3)17(4,5)24-18/h6-9H,10H2,1-5H3,(H,21,22). The second kappa shape index (κ2) is 7.20. The molecule has 0 aliphatic carbocycles. The number of amides is 1. The monoisotopic (exact) mass is 413 g/mol. The molecule has 1 amide bonds. The van der Waals surface area contributed by atoms with Crippen LogP contribution in [0.1, 0.15) is 40.2 Å². The quantitative estimate of drug-likeness (QED) is 0.749. The van der Waals surface area contributed by atoms with Crippen LogP contribution in [0.4, 0.5) is 0 Å². The zero-order valence-corrected chi connectivity index (χ0v) is 16.9. The van der Waals surface area contributed by atoms with Gasteiger partial charge in [0.1, 0.15) is 0 Å². The smallest absolute Gasteiger partial charge is 0.400 e. The largest absolute Gasteiger partial charge is 0.492 e. The minimum absolute atomic E-state index is 0.109. The van der Waals surface area contributed by atoms with Gasteiger partial charge in [-0.05, 0) is 56.9 Å². The van der Waals surface area contributed by atoms with Gasteiger partial charge in [-0.2, -0.15) is 0 Å². The van der Waals surface area contributed by atoms with Gasteiger partial charge in [0.2, 0.25) is 5.91 Å². The van der Waals surface area contributed by atoms with E-state index in [0.717, 1.165) is 15.5 Å². The highest BCUT2D eigenvalue weighted by Gasteiger charge is 2.52. The topological polar surface area (TPSA) is 47.6 Å². The molecule has 130 valence electrons. The van der Waals surface area contributed by atoms with Crippen LogP contribution in [-0.2, 0) is 14.1 Å². The van der Waals surface area contributed by atoms with Gasteiger partial charge in [0, 0.05) is 23.0 Å². The van der Waals surface area contributed by atoms with Gasteiger partial charge in [0.25, 0.3) is 0 Å².